The summed E-state index contributed by atoms with van der Waals surface area (Å²) in [6, 6.07) is 15.3. The van der Waals surface area contributed by atoms with Crippen molar-refractivity contribution in [1.82, 2.24) is 4.90 Å². The minimum atomic E-state index is -0.669. The van der Waals surface area contributed by atoms with Crippen LogP contribution in [0.25, 0.3) is 0 Å². The zero-order valence-electron chi connectivity index (χ0n) is 12.9. The number of carbonyl (C=O) groups is 2. The van der Waals surface area contributed by atoms with Crippen LogP contribution in [-0.2, 0) is 15.0 Å². The number of fused-ring (bicyclic) bond motifs is 1. The van der Waals surface area contributed by atoms with Gasteiger partial charge in [0.25, 0.3) is 0 Å². The Morgan fingerprint density at radius 2 is 1.92 bits per heavy atom. The molecular formula is C19H16FNO3. The fourth-order valence-corrected chi connectivity index (χ4v) is 3.53. The lowest BCUT2D eigenvalue weighted by Crippen LogP contribution is -2.39. The smallest absolute Gasteiger partial charge is 0.240 e. The highest BCUT2D eigenvalue weighted by Crippen LogP contribution is 2.60. The third kappa shape index (κ3) is 2.19. The van der Waals surface area contributed by atoms with Crippen LogP contribution >= 0.6 is 0 Å². The van der Waals surface area contributed by atoms with Crippen molar-refractivity contribution in [1.29, 1.82) is 0 Å². The van der Waals surface area contributed by atoms with E-state index in [-0.39, 0.29) is 36.7 Å². The lowest BCUT2D eigenvalue weighted by atomic mass is 9.94. The van der Waals surface area contributed by atoms with Crippen LogP contribution in [0.3, 0.4) is 0 Å². The normalized spacial score (nSPS) is 24.9. The fourth-order valence-electron chi connectivity index (χ4n) is 3.53. The number of rotatable bonds is 5. The van der Waals surface area contributed by atoms with Crippen LogP contribution < -0.4 is 4.74 Å². The van der Waals surface area contributed by atoms with Crippen LogP contribution in [0, 0.1) is 11.7 Å². The molecule has 2 aromatic carbocycles. The molecule has 0 radical (unpaired) electrons. The van der Waals surface area contributed by atoms with E-state index in [1.54, 1.807) is 12.1 Å². The molecule has 2 fully saturated rings. The quantitative estimate of drug-likeness (QED) is 0.794. The van der Waals surface area contributed by atoms with E-state index in [0.29, 0.717) is 12.2 Å². The van der Waals surface area contributed by atoms with Crippen molar-refractivity contribution < 1.29 is 18.7 Å². The maximum absolute atomic E-state index is 13.1. The molecule has 1 saturated carbocycles. The van der Waals surface area contributed by atoms with Crippen molar-refractivity contribution in [3.8, 4) is 5.75 Å². The van der Waals surface area contributed by atoms with Gasteiger partial charge in [-0.25, -0.2) is 4.39 Å². The maximum atomic E-state index is 13.1. The van der Waals surface area contributed by atoms with Crippen molar-refractivity contribution in [2.45, 2.75) is 11.8 Å². The molecule has 1 heterocycles. The van der Waals surface area contributed by atoms with Gasteiger partial charge in [-0.1, -0.05) is 36.4 Å². The molecule has 0 N–H and O–H groups in total. The molecule has 2 aliphatic rings. The zero-order chi connectivity index (χ0) is 16.7. The number of hydrogen-bond donors (Lipinski definition) is 0. The molecule has 2 atom stereocenters. The molecule has 24 heavy (non-hydrogen) atoms. The second-order valence-corrected chi connectivity index (χ2v) is 6.19. The summed E-state index contributed by atoms with van der Waals surface area (Å²) in [5.41, 5.74) is 0.235. The van der Waals surface area contributed by atoms with Gasteiger partial charge in [0.1, 0.15) is 18.2 Å². The highest BCUT2D eigenvalue weighted by Gasteiger charge is 2.72. The molecular weight excluding hydrogens is 309 g/mol. The average Bonchev–Trinajstić information content (AvgIpc) is 3.31. The van der Waals surface area contributed by atoms with Crippen LogP contribution in [0.1, 0.15) is 12.0 Å². The Labute approximate surface area is 138 Å². The molecule has 2 amide bonds. The molecule has 122 valence electrons. The van der Waals surface area contributed by atoms with Crippen LogP contribution in [0.5, 0.6) is 5.75 Å². The minimum absolute atomic E-state index is 0.133. The van der Waals surface area contributed by atoms with Crippen LogP contribution in [0.15, 0.2) is 54.6 Å². The topological polar surface area (TPSA) is 46.6 Å². The first kappa shape index (κ1) is 14.9. The van der Waals surface area contributed by atoms with Gasteiger partial charge in [0.05, 0.1) is 17.9 Å². The van der Waals surface area contributed by atoms with Crippen LogP contribution in [0.4, 0.5) is 4.39 Å². The molecule has 1 saturated heterocycles. The zero-order valence-corrected chi connectivity index (χ0v) is 12.9. The van der Waals surface area contributed by atoms with E-state index in [4.69, 9.17) is 4.74 Å². The van der Waals surface area contributed by atoms with Gasteiger partial charge >= 0.3 is 0 Å². The summed E-state index contributed by atoms with van der Waals surface area (Å²) in [5.74, 6) is -0.526. The van der Waals surface area contributed by atoms with E-state index < -0.39 is 5.41 Å². The predicted octanol–water partition coefficient (Wildman–Crippen LogP) is 2.53. The molecule has 4 rings (SSSR count). The van der Waals surface area contributed by atoms with E-state index in [1.807, 2.05) is 30.3 Å². The second kappa shape index (κ2) is 5.44. The van der Waals surface area contributed by atoms with Gasteiger partial charge in [0.2, 0.25) is 11.8 Å². The first-order chi connectivity index (χ1) is 11.6. The largest absolute Gasteiger partial charge is 0.492 e. The van der Waals surface area contributed by atoms with Gasteiger partial charge in [0, 0.05) is 6.07 Å². The van der Waals surface area contributed by atoms with Gasteiger partial charge in [0.15, 0.2) is 0 Å². The number of benzene rings is 2. The van der Waals surface area contributed by atoms with E-state index in [9.17, 15) is 14.0 Å². The Bertz CT molecular complexity index is 807. The average molecular weight is 325 g/mol. The highest BCUT2D eigenvalue weighted by molar-refractivity contribution is 6.15. The Balaban J connectivity index is 1.44. The standard InChI is InChI=1S/C19H16FNO3/c20-14-7-4-8-15(11-14)24-10-9-21-17(22)16-12-19(16,18(21)23)13-5-2-1-3-6-13/h1-8,11,16H,9-10,12H2/t16-,19+/m0/s1. The van der Waals surface area contributed by atoms with Crippen molar-refractivity contribution in [3.63, 3.8) is 0 Å². The van der Waals surface area contributed by atoms with Crippen molar-refractivity contribution in [2.24, 2.45) is 5.92 Å². The summed E-state index contributed by atoms with van der Waals surface area (Å²) in [6.07, 6.45) is 0.593. The van der Waals surface area contributed by atoms with Crippen molar-refractivity contribution in [2.75, 3.05) is 13.2 Å². The number of likely N-dealkylation sites (tertiary alicyclic amines) is 1. The molecule has 0 bridgehead atoms. The van der Waals surface area contributed by atoms with Crippen LogP contribution in [-0.4, -0.2) is 29.9 Å². The molecule has 5 heteroatoms. The monoisotopic (exact) mass is 325 g/mol. The summed E-state index contributed by atoms with van der Waals surface area (Å²) in [7, 11) is 0. The van der Waals surface area contributed by atoms with Crippen LogP contribution in [0.2, 0.25) is 0 Å². The first-order valence-electron chi connectivity index (χ1n) is 7.92. The summed E-state index contributed by atoms with van der Waals surface area (Å²) < 4.78 is 18.6. The Morgan fingerprint density at radius 1 is 1.12 bits per heavy atom. The molecule has 2 aromatic rings. The number of carbonyl (C=O) groups excluding carboxylic acids is 2. The maximum Gasteiger partial charge on any atom is 0.240 e. The molecule has 0 unspecified atom stereocenters. The molecule has 1 aliphatic carbocycles. The molecule has 4 nitrogen and oxygen atoms in total. The summed E-state index contributed by atoms with van der Waals surface area (Å²) in [4.78, 5) is 26.5. The predicted molar refractivity (Wildman–Crippen MR) is 84.8 cm³/mol. The molecule has 1 aliphatic heterocycles. The SMILES string of the molecule is O=C1[C@@H]2C[C@]2(c2ccccc2)C(=O)N1CCOc1cccc(F)c1. The van der Waals surface area contributed by atoms with E-state index >= 15 is 0 Å². The van der Waals surface area contributed by atoms with Crippen molar-refractivity contribution in [3.05, 3.63) is 66.0 Å². The molecule has 0 spiro atoms. The number of amides is 2. The number of hydrogen-bond acceptors (Lipinski definition) is 3. The van der Waals surface area contributed by atoms with E-state index in [1.165, 1.54) is 17.0 Å². The Kier molecular flexibility index (Phi) is 3.37. The second-order valence-electron chi connectivity index (χ2n) is 6.19. The van der Waals surface area contributed by atoms with Gasteiger partial charge in [-0.15, -0.1) is 0 Å². The summed E-state index contributed by atoms with van der Waals surface area (Å²) in [5, 5.41) is 0. The van der Waals surface area contributed by atoms with Gasteiger partial charge in [-0.3, -0.25) is 14.5 Å². The minimum Gasteiger partial charge on any atom is -0.492 e. The van der Waals surface area contributed by atoms with Gasteiger partial charge in [-0.05, 0) is 24.1 Å². The number of ether oxygens (including phenoxy) is 1. The van der Waals surface area contributed by atoms with E-state index in [2.05, 4.69) is 0 Å². The lowest BCUT2D eigenvalue weighted by molar-refractivity contribution is -0.142. The summed E-state index contributed by atoms with van der Waals surface area (Å²) >= 11 is 0. The number of halogens is 1. The Morgan fingerprint density at radius 3 is 2.67 bits per heavy atom. The fraction of sp³-hybridized carbons (Fsp3) is 0.263. The molecule has 0 aromatic heterocycles. The number of nitrogens with zero attached hydrogens (tertiary/aromatic N) is 1. The van der Waals surface area contributed by atoms with Gasteiger partial charge < -0.3 is 4.74 Å². The van der Waals surface area contributed by atoms with Gasteiger partial charge in [-0.2, -0.15) is 0 Å². The summed E-state index contributed by atoms with van der Waals surface area (Å²) in [6.45, 7) is 0.331. The number of imide groups is 1. The van der Waals surface area contributed by atoms with Crippen molar-refractivity contribution >= 4 is 11.8 Å². The first-order valence-corrected chi connectivity index (χ1v) is 7.92. The lowest BCUT2D eigenvalue weighted by Gasteiger charge is -2.19. The van der Waals surface area contributed by atoms with E-state index in [0.717, 1.165) is 5.56 Å². The Hall–Kier alpha value is -2.69. The highest BCUT2D eigenvalue weighted by atomic mass is 19.1. The third-order valence-corrected chi connectivity index (χ3v) is 4.82. The number of piperidine rings is 1. The third-order valence-electron chi connectivity index (χ3n) is 4.82.